The van der Waals surface area contributed by atoms with E-state index in [2.05, 4.69) is 9.97 Å². The van der Waals surface area contributed by atoms with E-state index in [9.17, 15) is 8.78 Å². The zero-order valence-corrected chi connectivity index (χ0v) is 12.5. The van der Waals surface area contributed by atoms with Crippen LogP contribution in [0.15, 0.2) is 42.7 Å². The van der Waals surface area contributed by atoms with Gasteiger partial charge in [0, 0.05) is 25.5 Å². The fraction of sp³-hybridized carbons (Fsp3) is 0.353. The fourth-order valence-electron chi connectivity index (χ4n) is 2.75. The minimum atomic E-state index is -2.95. The monoisotopic (exact) mass is 314 g/mol. The van der Waals surface area contributed by atoms with Crippen molar-refractivity contribution in [3.8, 4) is 17.5 Å². The van der Waals surface area contributed by atoms with Gasteiger partial charge in [0.25, 0.3) is 5.92 Å². The molecule has 4 nitrogen and oxygen atoms in total. The van der Waals surface area contributed by atoms with Crippen molar-refractivity contribution < 1.29 is 8.78 Å². The minimum Gasteiger partial charge on any atom is -0.293 e. The van der Waals surface area contributed by atoms with Crippen LogP contribution in [0.4, 0.5) is 8.78 Å². The van der Waals surface area contributed by atoms with Gasteiger partial charge in [0.1, 0.15) is 5.92 Å². The standard InChI is InChI=1S/C17H16F2N4/c18-17(19)12-23(8-6-14(17)9-20)11-13-4-5-16(22-10-13)15-3-1-2-7-21-15/h1-5,7,10,14H,6,8,11-12H2. The summed E-state index contributed by atoms with van der Waals surface area (Å²) in [7, 11) is 0. The van der Waals surface area contributed by atoms with Gasteiger partial charge in [0.05, 0.1) is 24.0 Å². The average Bonchev–Trinajstić information content (AvgIpc) is 2.56. The molecule has 1 atom stereocenters. The second kappa shape index (κ2) is 6.39. The van der Waals surface area contributed by atoms with Crippen molar-refractivity contribution >= 4 is 0 Å². The highest BCUT2D eigenvalue weighted by molar-refractivity contribution is 5.53. The molecule has 118 valence electrons. The molecule has 1 saturated heterocycles. The predicted molar refractivity (Wildman–Crippen MR) is 81.4 cm³/mol. The number of hydrogen-bond donors (Lipinski definition) is 0. The highest BCUT2D eigenvalue weighted by Gasteiger charge is 2.44. The third-order valence-corrected chi connectivity index (χ3v) is 3.99. The number of rotatable bonds is 3. The van der Waals surface area contributed by atoms with Gasteiger partial charge in [-0.2, -0.15) is 5.26 Å². The normalized spacial score (nSPS) is 20.8. The van der Waals surface area contributed by atoms with E-state index in [1.165, 1.54) is 0 Å². The lowest BCUT2D eigenvalue weighted by Crippen LogP contribution is -2.47. The summed E-state index contributed by atoms with van der Waals surface area (Å²) in [4.78, 5) is 10.3. The number of pyridine rings is 2. The van der Waals surface area contributed by atoms with Crippen molar-refractivity contribution in [2.24, 2.45) is 5.92 Å². The number of hydrogen-bond acceptors (Lipinski definition) is 4. The third-order valence-electron chi connectivity index (χ3n) is 3.99. The molecule has 2 aromatic rings. The summed E-state index contributed by atoms with van der Waals surface area (Å²) in [5.41, 5.74) is 2.40. The van der Waals surface area contributed by atoms with Crippen molar-refractivity contribution in [1.29, 1.82) is 5.26 Å². The smallest absolute Gasteiger partial charge is 0.276 e. The van der Waals surface area contributed by atoms with Crippen molar-refractivity contribution in [2.75, 3.05) is 13.1 Å². The molecular formula is C17H16F2N4. The average molecular weight is 314 g/mol. The number of likely N-dealkylation sites (tertiary alicyclic amines) is 1. The van der Waals surface area contributed by atoms with Crippen LogP contribution < -0.4 is 0 Å². The summed E-state index contributed by atoms with van der Waals surface area (Å²) in [5.74, 6) is -4.13. The van der Waals surface area contributed by atoms with Gasteiger partial charge in [-0.25, -0.2) is 8.78 Å². The van der Waals surface area contributed by atoms with Crippen molar-refractivity contribution in [1.82, 2.24) is 14.9 Å². The Labute approximate surface area is 133 Å². The van der Waals surface area contributed by atoms with E-state index in [1.54, 1.807) is 23.4 Å². The molecule has 1 unspecified atom stereocenters. The van der Waals surface area contributed by atoms with Gasteiger partial charge >= 0.3 is 0 Å². The summed E-state index contributed by atoms with van der Waals surface area (Å²) in [6.07, 6.45) is 3.59. The molecule has 0 saturated carbocycles. The summed E-state index contributed by atoms with van der Waals surface area (Å²) < 4.78 is 27.6. The van der Waals surface area contributed by atoms with Crippen LogP contribution in [0.5, 0.6) is 0 Å². The highest BCUT2D eigenvalue weighted by Crippen LogP contribution is 2.32. The Hall–Kier alpha value is -2.39. The lowest BCUT2D eigenvalue weighted by Gasteiger charge is -2.35. The van der Waals surface area contributed by atoms with Crippen LogP contribution in [-0.2, 0) is 6.54 Å². The first kappa shape index (κ1) is 15.5. The van der Waals surface area contributed by atoms with E-state index < -0.39 is 11.8 Å². The molecule has 0 bridgehead atoms. The van der Waals surface area contributed by atoms with Gasteiger partial charge in [-0.15, -0.1) is 0 Å². The molecule has 0 N–H and O–H groups in total. The molecule has 0 spiro atoms. The Kier molecular flexibility index (Phi) is 4.30. The Balaban J connectivity index is 1.67. The SMILES string of the molecule is N#CC1CCN(Cc2ccc(-c3ccccn3)nc2)CC1(F)F. The van der Waals surface area contributed by atoms with Crippen LogP contribution in [0, 0.1) is 17.2 Å². The molecule has 0 radical (unpaired) electrons. The fourth-order valence-corrected chi connectivity index (χ4v) is 2.75. The van der Waals surface area contributed by atoms with E-state index in [-0.39, 0.29) is 13.0 Å². The van der Waals surface area contributed by atoms with Gasteiger partial charge < -0.3 is 0 Å². The Bertz CT molecular complexity index is 695. The zero-order chi connectivity index (χ0) is 16.3. The summed E-state index contributed by atoms with van der Waals surface area (Å²) in [5, 5.41) is 8.78. The maximum Gasteiger partial charge on any atom is 0.276 e. The lowest BCUT2D eigenvalue weighted by atomic mass is 9.94. The second-order valence-electron chi connectivity index (χ2n) is 5.71. The number of piperidine rings is 1. The molecule has 1 aliphatic heterocycles. The van der Waals surface area contributed by atoms with E-state index in [1.807, 2.05) is 30.3 Å². The van der Waals surface area contributed by atoms with Gasteiger partial charge in [-0.05, 0) is 30.2 Å². The molecule has 6 heteroatoms. The first-order valence-electron chi connectivity index (χ1n) is 7.44. The van der Waals surface area contributed by atoms with E-state index in [0.29, 0.717) is 13.1 Å². The minimum absolute atomic E-state index is 0.197. The quantitative estimate of drug-likeness (QED) is 0.873. The molecule has 1 fully saturated rings. The molecular weight excluding hydrogens is 298 g/mol. The predicted octanol–water partition coefficient (Wildman–Crippen LogP) is 3.12. The summed E-state index contributed by atoms with van der Waals surface area (Å²) in [6.45, 7) is 0.520. The molecule has 0 amide bonds. The molecule has 0 aliphatic carbocycles. The first-order valence-corrected chi connectivity index (χ1v) is 7.44. The van der Waals surface area contributed by atoms with Crippen LogP contribution in [0.1, 0.15) is 12.0 Å². The molecule has 2 aromatic heterocycles. The summed E-state index contributed by atoms with van der Waals surface area (Å²) >= 11 is 0. The number of aromatic nitrogens is 2. The molecule has 3 rings (SSSR count). The van der Waals surface area contributed by atoms with E-state index in [4.69, 9.17) is 5.26 Å². The van der Waals surface area contributed by atoms with Gasteiger partial charge in [0.2, 0.25) is 0 Å². The van der Waals surface area contributed by atoms with Gasteiger partial charge in [-0.3, -0.25) is 14.9 Å². The van der Waals surface area contributed by atoms with Crippen molar-refractivity contribution in [3.63, 3.8) is 0 Å². The topological polar surface area (TPSA) is 52.8 Å². The molecule has 1 aliphatic rings. The molecule has 3 heterocycles. The number of halogens is 2. The summed E-state index contributed by atoms with van der Waals surface area (Å²) in [6, 6.07) is 11.0. The van der Waals surface area contributed by atoms with E-state index in [0.717, 1.165) is 17.0 Å². The second-order valence-corrected chi connectivity index (χ2v) is 5.71. The number of alkyl halides is 2. The van der Waals surface area contributed by atoms with Gasteiger partial charge in [-0.1, -0.05) is 12.1 Å². The maximum atomic E-state index is 13.8. The molecule has 23 heavy (non-hydrogen) atoms. The highest BCUT2D eigenvalue weighted by atomic mass is 19.3. The van der Waals surface area contributed by atoms with Crippen molar-refractivity contribution in [3.05, 3.63) is 48.3 Å². The Morgan fingerprint density at radius 1 is 1.22 bits per heavy atom. The van der Waals surface area contributed by atoms with E-state index >= 15 is 0 Å². The molecule has 0 aromatic carbocycles. The first-order chi connectivity index (χ1) is 11.1. The number of nitrogens with zero attached hydrogens (tertiary/aromatic N) is 4. The van der Waals surface area contributed by atoms with Crippen LogP contribution in [0.3, 0.4) is 0 Å². The maximum absolute atomic E-state index is 13.8. The Morgan fingerprint density at radius 3 is 2.65 bits per heavy atom. The zero-order valence-electron chi connectivity index (χ0n) is 12.5. The lowest BCUT2D eigenvalue weighted by molar-refractivity contribution is -0.0938. The van der Waals surface area contributed by atoms with Crippen LogP contribution in [-0.4, -0.2) is 33.9 Å². The number of nitriles is 1. The largest absolute Gasteiger partial charge is 0.293 e. The van der Waals surface area contributed by atoms with Crippen LogP contribution in [0.2, 0.25) is 0 Å². The van der Waals surface area contributed by atoms with Gasteiger partial charge in [0.15, 0.2) is 0 Å². The van der Waals surface area contributed by atoms with Crippen molar-refractivity contribution in [2.45, 2.75) is 18.9 Å². The third kappa shape index (κ3) is 3.51. The van der Waals surface area contributed by atoms with Crippen LogP contribution in [0.25, 0.3) is 11.4 Å². The van der Waals surface area contributed by atoms with Crippen LogP contribution >= 0.6 is 0 Å². The Morgan fingerprint density at radius 2 is 2.04 bits per heavy atom.